The average Bonchev–Trinajstić information content (AvgIpc) is 2.62. The van der Waals surface area contributed by atoms with Crippen LogP contribution in [0.25, 0.3) is 0 Å². The standard InChI is InChI=1S/C13H23N3/c1-11(13-7-6-12(10-14)15-13)16-8-4-2-3-5-9-16/h6-7,11,15H,2-5,8-10,14H2,1H3. The molecule has 0 radical (unpaired) electrons. The second-order valence-corrected chi connectivity index (χ2v) is 4.77. The largest absolute Gasteiger partial charge is 0.360 e. The van der Waals surface area contributed by atoms with Crippen molar-refractivity contribution in [3.05, 3.63) is 23.5 Å². The lowest BCUT2D eigenvalue weighted by molar-refractivity contribution is 0.216. The fraction of sp³-hybridized carbons (Fsp3) is 0.692. The summed E-state index contributed by atoms with van der Waals surface area (Å²) in [5.41, 5.74) is 8.07. The molecule has 0 aromatic carbocycles. The number of likely N-dealkylation sites (tertiary alicyclic amines) is 1. The van der Waals surface area contributed by atoms with E-state index in [2.05, 4.69) is 28.9 Å². The molecule has 1 saturated heterocycles. The summed E-state index contributed by atoms with van der Waals surface area (Å²) in [7, 11) is 0. The minimum Gasteiger partial charge on any atom is -0.360 e. The van der Waals surface area contributed by atoms with E-state index in [-0.39, 0.29) is 0 Å². The Morgan fingerprint density at radius 2 is 1.94 bits per heavy atom. The lowest BCUT2D eigenvalue weighted by Gasteiger charge is -2.26. The monoisotopic (exact) mass is 221 g/mol. The first-order valence-corrected chi connectivity index (χ1v) is 6.43. The van der Waals surface area contributed by atoms with Gasteiger partial charge in [-0.25, -0.2) is 0 Å². The van der Waals surface area contributed by atoms with Gasteiger partial charge in [-0.2, -0.15) is 0 Å². The number of hydrogen-bond donors (Lipinski definition) is 2. The Balaban J connectivity index is 2.01. The van der Waals surface area contributed by atoms with Crippen molar-refractivity contribution in [3.8, 4) is 0 Å². The van der Waals surface area contributed by atoms with Gasteiger partial charge in [-0.1, -0.05) is 12.8 Å². The van der Waals surface area contributed by atoms with Crippen molar-refractivity contribution in [2.75, 3.05) is 13.1 Å². The molecule has 1 unspecified atom stereocenters. The number of H-pyrrole nitrogens is 1. The molecule has 2 heterocycles. The molecule has 16 heavy (non-hydrogen) atoms. The van der Waals surface area contributed by atoms with E-state index in [1.54, 1.807) is 0 Å². The quantitative estimate of drug-likeness (QED) is 0.823. The van der Waals surface area contributed by atoms with E-state index < -0.39 is 0 Å². The molecule has 1 aromatic heterocycles. The Bertz CT molecular complexity index is 311. The minimum absolute atomic E-state index is 0.499. The Labute approximate surface area is 98.0 Å². The maximum absolute atomic E-state index is 5.62. The predicted octanol–water partition coefficient (Wildman–Crippen LogP) is 2.41. The first kappa shape index (κ1) is 11.7. The second-order valence-electron chi connectivity index (χ2n) is 4.77. The van der Waals surface area contributed by atoms with Crippen LogP contribution in [0.5, 0.6) is 0 Å². The van der Waals surface area contributed by atoms with Gasteiger partial charge in [-0.15, -0.1) is 0 Å². The van der Waals surface area contributed by atoms with Crippen molar-refractivity contribution < 1.29 is 0 Å². The van der Waals surface area contributed by atoms with Crippen molar-refractivity contribution in [3.63, 3.8) is 0 Å². The van der Waals surface area contributed by atoms with Crippen LogP contribution in [0.1, 0.15) is 50.0 Å². The van der Waals surface area contributed by atoms with Gasteiger partial charge in [0.25, 0.3) is 0 Å². The molecule has 1 fully saturated rings. The van der Waals surface area contributed by atoms with Crippen LogP contribution in [0.15, 0.2) is 12.1 Å². The minimum atomic E-state index is 0.499. The van der Waals surface area contributed by atoms with E-state index in [0.717, 1.165) is 5.69 Å². The van der Waals surface area contributed by atoms with Crippen molar-refractivity contribution >= 4 is 0 Å². The smallest absolute Gasteiger partial charge is 0.0470 e. The van der Waals surface area contributed by atoms with E-state index in [0.29, 0.717) is 12.6 Å². The summed E-state index contributed by atoms with van der Waals surface area (Å²) in [6.07, 6.45) is 5.47. The molecule has 0 amide bonds. The van der Waals surface area contributed by atoms with Gasteiger partial charge in [-0.3, -0.25) is 4.90 Å². The zero-order valence-corrected chi connectivity index (χ0v) is 10.2. The van der Waals surface area contributed by atoms with E-state index in [4.69, 9.17) is 5.73 Å². The SMILES string of the molecule is CC(c1ccc(CN)[nH]1)N1CCCCCC1. The number of hydrogen-bond acceptors (Lipinski definition) is 2. The van der Waals surface area contributed by atoms with Crippen molar-refractivity contribution in [1.29, 1.82) is 0 Å². The molecule has 3 heteroatoms. The van der Waals surface area contributed by atoms with Gasteiger partial charge in [-0.05, 0) is 45.0 Å². The molecular formula is C13H23N3. The highest BCUT2D eigenvalue weighted by molar-refractivity contribution is 5.15. The maximum atomic E-state index is 5.62. The summed E-state index contributed by atoms with van der Waals surface area (Å²) in [4.78, 5) is 6.00. The molecule has 0 spiro atoms. The Hall–Kier alpha value is -0.800. The molecule has 1 aliphatic heterocycles. The van der Waals surface area contributed by atoms with E-state index >= 15 is 0 Å². The lowest BCUT2D eigenvalue weighted by Crippen LogP contribution is -2.28. The molecule has 3 nitrogen and oxygen atoms in total. The van der Waals surface area contributed by atoms with Gasteiger partial charge < -0.3 is 10.7 Å². The maximum Gasteiger partial charge on any atom is 0.0470 e. The summed E-state index contributed by atoms with van der Waals surface area (Å²) in [6.45, 7) is 5.36. The lowest BCUT2D eigenvalue weighted by atomic mass is 10.2. The fourth-order valence-corrected chi connectivity index (χ4v) is 2.50. The summed E-state index contributed by atoms with van der Waals surface area (Å²) in [6, 6.07) is 4.78. The van der Waals surface area contributed by atoms with Gasteiger partial charge in [0.2, 0.25) is 0 Å². The fourth-order valence-electron chi connectivity index (χ4n) is 2.50. The summed E-state index contributed by atoms with van der Waals surface area (Å²) < 4.78 is 0. The third-order valence-electron chi connectivity index (χ3n) is 3.63. The molecule has 0 bridgehead atoms. The third kappa shape index (κ3) is 2.66. The van der Waals surface area contributed by atoms with Crippen LogP contribution in [-0.4, -0.2) is 23.0 Å². The zero-order chi connectivity index (χ0) is 11.4. The Kier molecular flexibility index (Phi) is 4.02. The topological polar surface area (TPSA) is 45.1 Å². The van der Waals surface area contributed by atoms with Crippen LogP contribution in [0.4, 0.5) is 0 Å². The molecule has 3 N–H and O–H groups in total. The highest BCUT2D eigenvalue weighted by Crippen LogP contribution is 2.23. The number of aromatic amines is 1. The second kappa shape index (κ2) is 5.51. The van der Waals surface area contributed by atoms with Gasteiger partial charge in [0.1, 0.15) is 0 Å². The molecular weight excluding hydrogens is 198 g/mol. The van der Waals surface area contributed by atoms with Crippen LogP contribution < -0.4 is 5.73 Å². The van der Waals surface area contributed by atoms with Crippen LogP contribution >= 0.6 is 0 Å². The van der Waals surface area contributed by atoms with Crippen LogP contribution in [0.2, 0.25) is 0 Å². The van der Waals surface area contributed by atoms with E-state index in [1.165, 1.54) is 44.5 Å². The molecule has 2 rings (SSSR count). The van der Waals surface area contributed by atoms with E-state index in [9.17, 15) is 0 Å². The van der Waals surface area contributed by atoms with Crippen molar-refractivity contribution in [2.24, 2.45) is 5.73 Å². The predicted molar refractivity (Wildman–Crippen MR) is 67.1 cm³/mol. The highest BCUT2D eigenvalue weighted by Gasteiger charge is 2.18. The number of nitrogens with one attached hydrogen (secondary N) is 1. The van der Waals surface area contributed by atoms with Crippen LogP contribution in [0, 0.1) is 0 Å². The zero-order valence-electron chi connectivity index (χ0n) is 10.2. The Morgan fingerprint density at radius 3 is 2.50 bits per heavy atom. The van der Waals surface area contributed by atoms with Gasteiger partial charge in [0.05, 0.1) is 0 Å². The normalized spacial score (nSPS) is 20.6. The summed E-state index contributed by atoms with van der Waals surface area (Å²) in [5, 5.41) is 0. The number of nitrogens with two attached hydrogens (primary N) is 1. The number of aromatic nitrogens is 1. The Morgan fingerprint density at radius 1 is 1.25 bits per heavy atom. The number of rotatable bonds is 3. The van der Waals surface area contributed by atoms with Crippen molar-refractivity contribution in [2.45, 2.75) is 45.2 Å². The van der Waals surface area contributed by atoms with E-state index in [1.807, 2.05) is 0 Å². The summed E-state index contributed by atoms with van der Waals surface area (Å²) >= 11 is 0. The van der Waals surface area contributed by atoms with Crippen LogP contribution in [0.3, 0.4) is 0 Å². The molecule has 1 aromatic rings. The van der Waals surface area contributed by atoms with Crippen LogP contribution in [-0.2, 0) is 6.54 Å². The molecule has 0 aliphatic carbocycles. The first-order valence-electron chi connectivity index (χ1n) is 6.43. The molecule has 0 saturated carbocycles. The van der Waals surface area contributed by atoms with Crippen molar-refractivity contribution in [1.82, 2.24) is 9.88 Å². The van der Waals surface area contributed by atoms with Gasteiger partial charge in [0.15, 0.2) is 0 Å². The summed E-state index contributed by atoms with van der Waals surface area (Å²) in [5.74, 6) is 0. The average molecular weight is 221 g/mol. The molecule has 1 atom stereocenters. The molecule has 1 aliphatic rings. The highest BCUT2D eigenvalue weighted by atomic mass is 15.2. The first-order chi connectivity index (χ1) is 7.81. The van der Waals surface area contributed by atoms with Gasteiger partial charge in [0, 0.05) is 24.0 Å². The van der Waals surface area contributed by atoms with Gasteiger partial charge >= 0.3 is 0 Å². The number of nitrogens with zero attached hydrogens (tertiary/aromatic N) is 1. The molecule has 90 valence electrons. The third-order valence-corrected chi connectivity index (χ3v) is 3.63.